The first-order chi connectivity index (χ1) is 6.24. The zero-order chi connectivity index (χ0) is 9.42. The molecule has 68 valence electrons. The van der Waals surface area contributed by atoms with E-state index < -0.39 is 0 Å². The largest absolute Gasteiger partial charge is 0.142 e. The molecule has 3 heteroatoms. The lowest BCUT2D eigenvalue weighted by Gasteiger charge is -2.01. The van der Waals surface area contributed by atoms with Crippen molar-refractivity contribution in [2.75, 3.05) is 0 Å². The lowest BCUT2D eigenvalue weighted by molar-refractivity contribution is 1.15. The van der Waals surface area contributed by atoms with Crippen LogP contribution >= 0.6 is 39.9 Å². The SMILES string of the molecule is CCc1ccc(Br)c2scc(S)c12. The van der Waals surface area contributed by atoms with Gasteiger partial charge in [-0.3, -0.25) is 0 Å². The Morgan fingerprint density at radius 1 is 1.46 bits per heavy atom. The molecule has 1 aromatic carbocycles. The molecule has 1 aromatic heterocycles. The van der Waals surface area contributed by atoms with Crippen LogP contribution in [-0.2, 0) is 6.42 Å². The summed E-state index contributed by atoms with van der Waals surface area (Å²) in [5.41, 5.74) is 1.38. The normalized spacial score (nSPS) is 11.0. The molecule has 0 saturated carbocycles. The fraction of sp³-hybridized carbons (Fsp3) is 0.200. The maximum Gasteiger partial charge on any atom is 0.0499 e. The molecular formula is C10H9BrS2. The second-order valence-electron chi connectivity index (χ2n) is 2.89. The molecule has 0 spiro atoms. The predicted molar refractivity (Wildman–Crippen MR) is 66.2 cm³/mol. The fourth-order valence-electron chi connectivity index (χ4n) is 1.46. The van der Waals surface area contributed by atoms with E-state index in [0.29, 0.717) is 0 Å². The summed E-state index contributed by atoms with van der Waals surface area (Å²) in [5.74, 6) is 0. The van der Waals surface area contributed by atoms with Gasteiger partial charge in [-0.15, -0.1) is 24.0 Å². The first kappa shape index (κ1) is 9.56. The van der Waals surface area contributed by atoms with Crippen molar-refractivity contribution < 1.29 is 0 Å². The van der Waals surface area contributed by atoms with Gasteiger partial charge in [-0.05, 0) is 34.0 Å². The van der Waals surface area contributed by atoms with Crippen molar-refractivity contribution in [3.63, 3.8) is 0 Å². The van der Waals surface area contributed by atoms with Crippen LogP contribution in [0.5, 0.6) is 0 Å². The van der Waals surface area contributed by atoms with E-state index in [1.807, 2.05) is 0 Å². The smallest absolute Gasteiger partial charge is 0.0499 e. The third-order valence-electron chi connectivity index (χ3n) is 2.12. The monoisotopic (exact) mass is 272 g/mol. The van der Waals surface area contributed by atoms with E-state index in [4.69, 9.17) is 0 Å². The van der Waals surface area contributed by atoms with Crippen LogP contribution in [-0.4, -0.2) is 0 Å². The average Bonchev–Trinajstić information content (AvgIpc) is 2.51. The quantitative estimate of drug-likeness (QED) is 0.726. The Morgan fingerprint density at radius 2 is 2.23 bits per heavy atom. The van der Waals surface area contributed by atoms with Gasteiger partial charge in [0.05, 0.1) is 0 Å². The summed E-state index contributed by atoms with van der Waals surface area (Å²) in [4.78, 5) is 1.10. The summed E-state index contributed by atoms with van der Waals surface area (Å²) in [6.07, 6.45) is 1.06. The molecule has 0 atom stereocenters. The van der Waals surface area contributed by atoms with E-state index in [0.717, 1.165) is 11.3 Å². The first-order valence-electron chi connectivity index (χ1n) is 4.11. The Bertz CT molecular complexity index is 445. The summed E-state index contributed by atoms with van der Waals surface area (Å²) in [6.45, 7) is 2.17. The molecule has 0 aliphatic rings. The summed E-state index contributed by atoms with van der Waals surface area (Å²) in [6, 6.07) is 4.28. The molecule has 0 bridgehead atoms. The lowest BCUT2D eigenvalue weighted by Crippen LogP contribution is -1.81. The van der Waals surface area contributed by atoms with Crippen molar-refractivity contribution in [2.45, 2.75) is 18.2 Å². The highest BCUT2D eigenvalue weighted by Gasteiger charge is 2.07. The van der Waals surface area contributed by atoms with Gasteiger partial charge in [-0.2, -0.15) is 0 Å². The van der Waals surface area contributed by atoms with Gasteiger partial charge in [0.15, 0.2) is 0 Å². The Hall–Kier alpha value is 0.01000. The molecule has 0 aliphatic carbocycles. The fourth-order valence-corrected chi connectivity index (χ4v) is 3.45. The zero-order valence-corrected chi connectivity index (χ0v) is 10.5. The Balaban J connectivity index is 2.88. The Kier molecular flexibility index (Phi) is 2.67. The van der Waals surface area contributed by atoms with Gasteiger partial charge in [0.1, 0.15) is 0 Å². The third kappa shape index (κ3) is 1.53. The van der Waals surface area contributed by atoms with Gasteiger partial charge in [-0.1, -0.05) is 13.0 Å². The number of benzene rings is 1. The highest BCUT2D eigenvalue weighted by Crippen LogP contribution is 2.36. The van der Waals surface area contributed by atoms with Crippen LogP contribution in [0, 0.1) is 0 Å². The number of halogens is 1. The molecule has 0 radical (unpaired) electrons. The van der Waals surface area contributed by atoms with Gasteiger partial charge >= 0.3 is 0 Å². The van der Waals surface area contributed by atoms with Crippen molar-refractivity contribution in [1.82, 2.24) is 0 Å². The first-order valence-corrected chi connectivity index (χ1v) is 6.23. The number of hydrogen-bond donors (Lipinski definition) is 1. The van der Waals surface area contributed by atoms with Crippen LogP contribution in [0.15, 0.2) is 26.9 Å². The molecule has 0 nitrogen and oxygen atoms in total. The molecule has 0 N–H and O–H groups in total. The van der Waals surface area contributed by atoms with Gasteiger partial charge < -0.3 is 0 Å². The predicted octanol–water partition coefficient (Wildman–Crippen LogP) is 4.51. The van der Waals surface area contributed by atoms with E-state index in [1.54, 1.807) is 11.3 Å². The van der Waals surface area contributed by atoms with Crippen molar-refractivity contribution in [1.29, 1.82) is 0 Å². The van der Waals surface area contributed by atoms with Gasteiger partial charge in [0.2, 0.25) is 0 Å². The van der Waals surface area contributed by atoms with Crippen LogP contribution in [0.4, 0.5) is 0 Å². The summed E-state index contributed by atoms with van der Waals surface area (Å²) < 4.78 is 2.48. The van der Waals surface area contributed by atoms with Crippen LogP contribution < -0.4 is 0 Å². The second-order valence-corrected chi connectivity index (χ2v) is 5.10. The highest BCUT2D eigenvalue weighted by atomic mass is 79.9. The molecule has 13 heavy (non-hydrogen) atoms. The molecule has 0 saturated heterocycles. The second kappa shape index (κ2) is 3.64. The van der Waals surface area contributed by atoms with Crippen LogP contribution in [0.25, 0.3) is 10.1 Å². The number of rotatable bonds is 1. The Morgan fingerprint density at radius 3 is 2.92 bits per heavy atom. The minimum Gasteiger partial charge on any atom is -0.142 e. The number of aryl methyl sites for hydroxylation is 1. The standard InChI is InChI=1S/C10H9BrS2/c1-2-6-3-4-7(11)10-9(6)8(12)5-13-10/h3-5,12H,2H2,1H3. The van der Waals surface area contributed by atoms with E-state index >= 15 is 0 Å². The van der Waals surface area contributed by atoms with E-state index in [1.165, 1.54) is 20.1 Å². The number of thiophene rings is 1. The van der Waals surface area contributed by atoms with Crippen molar-refractivity contribution >= 4 is 50.0 Å². The van der Waals surface area contributed by atoms with E-state index in [2.05, 4.69) is 53.0 Å². The molecule has 2 aromatic rings. The maximum atomic E-state index is 4.46. The molecule has 0 fully saturated rings. The van der Waals surface area contributed by atoms with Crippen LogP contribution in [0.2, 0.25) is 0 Å². The lowest BCUT2D eigenvalue weighted by atomic mass is 10.1. The number of fused-ring (bicyclic) bond motifs is 1. The number of thiol groups is 1. The molecule has 0 unspecified atom stereocenters. The van der Waals surface area contributed by atoms with E-state index in [9.17, 15) is 0 Å². The highest BCUT2D eigenvalue weighted by molar-refractivity contribution is 9.10. The maximum absolute atomic E-state index is 4.46. The van der Waals surface area contributed by atoms with Gasteiger partial charge in [0, 0.05) is 24.8 Å². The summed E-state index contributed by atoms with van der Waals surface area (Å²) >= 11 is 9.76. The van der Waals surface area contributed by atoms with E-state index in [-0.39, 0.29) is 0 Å². The van der Waals surface area contributed by atoms with Gasteiger partial charge in [-0.25, -0.2) is 0 Å². The minimum atomic E-state index is 1.06. The molecular weight excluding hydrogens is 264 g/mol. The molecule has 1 heterocycles. The topological polar surface area (TPSA) is 0 Å². The minimum absolute atomic E-state index is 1.06. The van der Waals surface area contributed by atoms with Crippen molar-refractivity contribution in [3.05, 3.63) is 27.5 Å². The van der Waals surface area contributed by atoms with Crippen molar-refractivity contribution in [3.8, 4) is 0 Å². The van der Waals surface area contributed by atoms with Crippen LogP contribution in [0.1, 0.15) is 12.5 Å². The summed E-state index contributed by atoms with van der Waals surface area (Å²) in [7, 11) is 0. The zero-order valence-electron chi connectivity index (χ0n) is 7.17. The molecule has 2 rings (SSSR count). The van der Waals surface area contributed by atoms with Gasteiger partial charge in [0.25, 0.3) is 0 Å². The number of hydrogen-bond acceptors (Lipinski definition) is 2. The summed E-state index contributed by atoms with van der Waals surface area (Å²) in [5, 5.41) is 3.41. The Labute approximate surface area is 95.5 Å². The average molecular weight is 273 g/mol. The van der Waals surface area contributed by atoms with Crippen LogP contribution in [0.3, 0.4) is 0 Å². The molecule has 0 amide bonds. The van der Waals surface area contributed by atoms with Crippen molar-refractivity contribution in [2.24, 2.45) is 0 Å². The molecule has 0 aliphatic heterocycles. The third-order valence-corrected chi connectivity index (χ3v) is 4.59.